The van der Waals surface area contributed by atoms with Crippen LogP contribution in [0.25, 0.3) is 11.3 Å². The molecule has 0 amide bonds. The molecule has 0 fully saturated rings. The minimum Gasteiger partial charge on any atom is -0.507 e. The van der Waals surface area contributed by atoms with Gasteiger partial charge in [0, 0.05) is 6.42 Å². The van der Waals surface area contributed by atoms with Gasteiger partial charge in [-0.05, 0) is 25.1 Å². The molecule has 0 saturated carbocycles. The van der Waals surface area contributed by atoms with Crippen LogP contribution in [0.5, 0.6) is 5.75 Å². The lowest BCUT2D eigenvalue weighted by Crippen LogP contribution is -2.00. The Morgan fingerprint density at radius 2 is 2.12 bits per heavy atom. The highest BCUT2D eigenvalue weighted by atomic mass is 16.4. The Labute approximate surface area is 93.7 Å². The molecule has 0 bridgehead atoms. The zero-order valence-electron chi connectivity index (χ0n) is 8.89. The number of phenols is 1. The molecule has 0 aliphatic rings. The number of oxazole rings is 1. The minimum atomic E-state index is 0.198. The smallest absolute Gasteiger partial charge is 0.194 e. The predicted molar refractivity (Wildman–Crippen MR) is 61.0 cm³/mol. The largest absolute Gasteiger partial charge is 0.507 e. The fourth-order valence-corrected chi connectivity index (χ4v) is 1.49. The first-order valence-electron chi connectivity index (χ1n) is 5.24. The molecule has 0 unspecified atom stereocenters. The van der Waals surface area contributed by atoms with Crippen LogP contribution in [-0.2, 0) is 6.42 Å². The molecule has 3 N–H and O–H groups in total. The number of aromatic hydroxyl groups is 1. The van der Waals surface area contributed by atoms with Gasteiger partial charge in [0.05, 0.1) is 11.8 Å². The van der Waals surface area contributed by atoms with E-state index in [-0.39, 0.29) is 5.75 Å². The van der Waals surface area contributed by atoms with E-state index in [1.54, 1.807) is 24.4 Å². The van der Waals surface area contributed by atoms with Crippen LogP contribution in [0.15, 0.2) is 34.9 Å². The van der Waals surface area contributed by atoms with Gasteiger partial charge in [0.2, 0.25) is 0 Å². The molecule has 84 valence electrons. The van der Waals surface area contributed by atoms with E-state index >= 15 is 0 Å². The molecule has 0 aliphatic carbocycles. The summed E-state index contributed by atoms with van der Waals surface area (Å²) in [5.41, 5.74) is 6.07. The van der Waals surface area contributed by atoms with E-state index in [2.05, 4.69) is 4.98 Å². The Morgan fingerprint density at radius 1 is 1.31 bits per heavy atom. The van der Waals surface area contributed by atoms with Gasteiger partial charge in [-0.1, -0.05) is 12.1 Å². The van der Waals surface area contributed by atoms with Crippen LogP contribution in [0.1, 0.15) is 12.3 Å². The second-order valence-corrected chi connectivity index (χ2v) is 3.53. The molecule has 1 aromatic carbocycles. The quantitative estimate of drug-likeness (QED) is 0.822. The highest BCUT2D eigenvalue weighted by Crippen LogP contribution is 2.29. The van der Waals surface area contributed by atoms with Gasteiger partial charge in [-0.2, -0.15) is 0 Å². The predicted octanol–water partition coefficient (Wildman–Crippen LogP) is 1.94. The van der Waals surface area contributed by atoms with Gasteiger partial charge in [0.15, 0.2) is 11.7 Å². The molecule has 0 radical (unpaired) electrons. The van der Waals surface area contributed by atoms with Gasteiger partial charge in [0.25, 0.3) is 0 Å². The van der Waals surface area contributed by atoms with Gasteiger partial charge in [0.1, 0.15) is 5.75 Å². The van der Waals surface area contributed by atoms with Gasteiger partial charge >= 0.3 is 0 Å². The molecule has 1 aromatic heterocycles. The van der Waals surface area contributed by atoms with Gasteiger partial charge in [-0.3, -0.25) is 0 Å². The summed E-state index contributed by atoms with van der Waals surface area (Å²) in [4.78, 5) is 4.14. The van der Waals surface area contributed by atoms with Crippen LogP contribution >= 0.6 is 0 Å². The van der Waals surface area contributed by atoms with Crippen molar-refractivity contribution in [3.05, 3.63) is 36.4 Å². The number of nitrogens with zero attached hydrogens (tertiary/aromatic N) is 1. The normalized spacial score (nSPS) is 10.6. The maximum absolute atomic E-state index is 9.64. The summed E-state index contributed by atoms with van der Waals surface area (Å²) in [5.74, 6) is 1.44. The molecule has 2 aromatic rings. The van der Waals surface area contributed by atoms with Gasteiger partial charge in [-0.15, -0.1) is 0 Å². The van der Waals surface area contributed by atoms with Crippen molar-refractivity contribution in [3.8, 4) is 17.1 Å². The van der Waals surface area contributed by atoms with E-state index in [0.717, 1.165) is 12.8 Å². The number of aromatic nitrogens is 1. The SMILES string of the molecule is NCCCc1ncc(-c2ccccc2O)o1. The average Bonchev–Trinajstić information content (AvgIpc) is 2.75. The molecule has 16 heavy (non-hydrogen) atoms. The van der Waals surface area contributed by atoms with E-state index in [4.69, 9.17) is 10.2 Å². The molecule has 2 rings (SSSR count). The summed E-state index contributed by atoms with van der Waals surface area (Å²) in [5, 5.41) is 9.64. The van der Waals surface area contributed by atoms with E-state index < -0.39 is 0 Å². The molecule has 0 atom stereocenters. The first kappa shape index (κ1) is 10.7. The molecule has 1 heterocycles. The number of benzene rings is 1. The van der Waals surface area contributed by atoms with Crippen molar-refractivity contribution in [1.82, 2.24) is 4.98 Å². The number of phenolic OH excluding ortho intramolecular Hbond substituents is 1. The van der Waals surface area contributed by atoms with Crippen LogP contribution in [0.3, 0.4) is 0 Å². The topological polar surface area (TPSA) is 72.3 Å². The third-order valence-electron chi connectivity index (χ3n) is 2.32. The Morgan fingerprint density at radius 3 is 2.88 bits per heavy atom. The second kappa shape index (κ2) is 4.81. The maximum Gasteiger partial charge on any atom is 0.194 e. The fourth-order valence-electron chi connectivity index (χ4n) is 1.49. The molecule has 0 spiro atoms. The van der Waals surface area contributed by atoms with E-state index in [0.29, 0.717) is 23.8 Å². The van der Waals surface area contributed by atoms with Crippen LogP contribution in [-0.4, -0.2) is 16.6 Å². The summed E-state index contributed by atoms with van der Waals surface area (Å²) in [6.07, 6.45) is 3.20. The Balaban J connectivity index is 2.22. The molecular formula is C12H14N2O2. The van der Waals surface area contributed by atoms with Gasteiger partial charge < -0.3 is 15.3 Å². The first-order valence-corrected chi connectivity index (χ1v) is 5.24. The third-order valence-corrected chi connectivity index (χ3v) is 2.32. The zero-order valence-corrected chi connectivity index (χ0v) is 8.89. The van der Waals surface area contributed by atoms with Crippen LogP contribution in [0, 0.1) is 0 Å². The lowest BCUT2D eigenvalue weighted by Gasteiger charge is -1.99. The van der Waals surface area contributed by atoms with E-state index in [9.17, 15) is 5.11 Å². The third kappa shape index (κ3) is 2.23. The highest BCUT2D eigenvalue weighted by Gasteiger charge is 2.09. The van der Waals surface area contributed by atoms with Crippen molar-refractivity contribution < 1.29 is 9.52 Å². The lowest BCUT2D eigenvalue weighted by molar-refractivity contribution is 0.468. The number of rotatable bonds is 4. The fraction of sp³-hybridized carbons (Fsp3) is 0.250. The molecule has 0 saturated heterocycles. The number of hydrogen-bond donors (Lipinski definition) is 2. The van der Waals surface area contributed by atoms with E-state index in [1.807, 2.05) is 6.07 Å². The second-order valence-electron chi connectivity index (χ2n) is 3.53. The summed E-state index contributed by atoms with van der Waals surface area (Å²) < 4.78 is 5.53. The Bertz CT molecular complexity index is 466. The molecule has 0 aliphatic heterocycles. The molecular weight excluding hydrogens is 204 g/mol. The maximum atomic E-state index is 9.64. The number of nitrogens with two attached hydrogens (primary N) is 1. The molecule has 4 heteroatoms. The van der Waals surface area contributed by atoms with Crippen LogP contribution < -0.4 is 5.73 Å². The summed E-state index contributed by atoms with van der Waals surface area (Å²) in [6, 6.07) is 7.03. The standard InChI is InChI=1S/C12H14N2O2/c13-7-3-6-12-14-8-11(16-12)9-4-1-2-5-10(9)15/h1-2,4-5,8,15H,3,6-7,13H2. The van der Waals surface area contributed by atoms with Crippen molar-refractivity contribution in [2.24, 2.45) is 5.73 Å². The zero-order chi connectivity index (χ0) is 11.4. The van der Waals surface area contributed by atoms with Crippen molar-refractivity contribution in [3.63, 3.8) is 0 Å². The minimum absolute atomic E-state index is 0.198. The average molecular weight is 218 g/mol. The van der Waals surface area contributed by atoms with Crippen molar-refractivity contribution in [2.75, 3.05) is 6.54 Å². The monoisotopic (exact) mass is 218 g/mol. The summed E-state index contributed by atoms with van der Waals surface area (Å²) >= 11 is 0. The highest BCUT2D eigenvalue weighted by molar-refractivity contribution is 5.64. The van der Waals surface area contributed by atoms with Crippen LogP contribution in [0.2, 0.25) is 0 Å². The number of aryl methyl sites for hydroxylation is 1. The summed E-state index contributed by atoms with van der Waals surface area (Å²) in [7, 11) is 0. The van der Waals surface area contributed by atoms with E-state index in [1.165, 1.54) is 0 Å². The van der Waals surface area contributed by atoms with Crippen molar-refractivity contribution >= 4 is 0 Å². The van der Waals surface area contributed by atoms with Crippen molar-refractivity contribution in [1.29, 1.82) is 0 Å². The molecule has 4 nitrogen and oxygen atoms in total. The van der Waals surface area contributed by atoms with Crippen LogP contribution in [0.4, 0.5) is 0 Å². The van der Waals surface area contributed by atoms with Crippen molar-refractivity contribution in [2.45, 2.75) is 12.8 Å². The number of hydrogen-bond acceptors (Lipinski definition) is 4. The lowest BCUT2D eigenvalue weighted by atomic mass is 10.2. The Hall–Kier alpha value is -1.81. The first-order chi connectivity index (χ1) is 7.81. The number of para-hydroxylation sites is 1. The van der Waals surface area contributed by atoms with Gasteiger partial charge in [-0.25, -0.2) is 4.98 Å². The Kier molecular flexibility index (Phi) is 3.22. The summed E-state index contributed by atoms with van der Waals surface area (Å²) in [6.45, 7) is 0.619.